The minimum Gasteiger partial charge on any atom is -0.294 e. The lowest BCUT2D eigenvalue weighted by atomic mass is 10.0. The predicted molar refractivity (Wildman–Crippen MR) is 99.4 cm³/mol. The van der Waals surface area contributed by atoms with Crippen LogP contribution in [0.3, 0.4) is 0 Å². The third-order valence-corrected chi connectivity index (χ3v) is 5.63. The molecule has 1 aliphatic carbocycles. The molecule has 2 aromatic carbocycles. The Morgan fingerprint density at radius 3 is 2.04 bits per heavy atom. The molecule has 118 valence electrons. The molecular weight excluding hydrogens is 296 g/mol. The van der Waals surface area contributed by atoms with Crippen LogP contribution >= 0.6 is 0 Å². The zero-order chi connectivity index (χ0) is 16.4. The summed E-state index contributed by atoms with van der Waals surface area (Å²) < 4.78 is 0. The van der Waals surface area contributed by atoms with Crippen molar-refractivity contribution in [3.63, 3.8) is 0 Å². The first-order chi connectivity index (χ1) is 11.0. The van der Waals surface area contributed by atoms with Crippen molar-refractivity contribution in [1.29, 1.82) is 0 Å². The Labute approximate surface area is 140 Å². The summed E-state index contributed by atoms with van der Waals surface area (Å²) in [6.07, 6.45) is 2.31. The van der Waals surface area contributed by atoms with Gasteiger partial charge in [-0.1, -0.05) is 92.1 Å². The van der Waals surface area contributed by atoms with E-state index in [-0.39, 0.29) is 11.7 Å². The van der Waals surface area contributed by atoms with Gasteiger partial charge in [0.05, 0.1) is 8.07 Å². The van der Waals surface area contributed by atoms with Crippen LogP contribution in [0.25, 0.3) is 0 Å². The number of ketones is 1. The molecule has 3 rings (SSSR count). The van der Waals surface area contributed by atoms with Gasteiger partial charge in [-0.25, -0.2) is 0 Å². The van der Waals surface area contributed by atoms with E-state index in [0.29, 0.717) is 11.8 Å². The number of benzene rings is 2. The molecule has 0 bridgehead atoms. The number of carbonyl (C=O) groups is 1. The monoisotopic (exact) mass is 320 g/mol. The predicted octanol–water partition coefficient (Wildman–Crippen LogP) is 5.33. The minimum absolute atomic E-state index is 0.0902. The molecule has 0 spiro atoms. The summed E-state index contributed by atoms with van der Waals surface area (Å²) in [4.78, 5) is 12.9. The number of hydrogen-bond acceptors (Lipinski definition) is 1. The molecule has 0 heterocycles. The van der Waals surface area contributed by atoms with Gasteiger partial charge < -0.3 is 0 Å². The largest absolute Gasteiger partial charge is 0.294 e. The van der Waals surface area contributed by atoms with Gasteiger partial charge in [0.1, 0.15) is 0 Å². The Morgan fingerprint density at radius 2 is 1.48 bits per heavy atom. The van der Waals surface area contributed by atoms with Gasteiger partial charge in [-0.15, -0.1) is 0 Å². The molecule has 0 unspecified atom stereocenters. The Morgan fingerprint density at radius 1 is 0.913 bits per heavy atom. The first-order valence-corrected chi connectivity index (χ1v) is 11.9. The molecule has 23 heavy (non-hydrogen) atoms. The van der Waals surface area contributed by atoms with Crippen LogP contribution in [-0.4, -0.2) is 13.9 Å². The summed E-state index contributed by atoms with van der Waals surface area (Å²) in [6.45, 7) is 6.99. The second-order valence-electron chi connectivity index (χ2n) is 7.50. The van der Waals surface area contributed by atoms with Crippen molar-refractivity contribution in [2.45, 2.75) is 25.6 Å². The number of allylic oxidation sites excluding steroid dienone is 1. The maximum Gasteiger partial charge on any atom is 0.167 e. The molecule has 2 heteroatoms. The lowest BCUT2D eigenvalue weighted by Crippen LogP contribution is -2.15. The van der Waals surface area contributed by atoms with Crippen molar-refractivity contribution in [2.75, 3.05) is 0 Å². The summed E-state index contributed by atoms with van der Waals surface area (Å²) in [5.74, 6) is 1.05. The van der Waals surface area contributed by atoms with Crippen LogP contribution in [0.2, 0.25) is 19.6 Å². The molecule has 0 amide bonds. The zero-order valence-corrected chi connectivity index (χ0v) is 15.1. The van der Waals surface area contributed by atoms with Gasteiger partial charge in [0.25, 0.3) is 0 Å². The molecular formula is C21H24OSi. The van der Waals surface area contributed by atoms with Crippen LogP contribution in [0.4, 0.5) is 0 Å². The van der Waals surface area contributed by atoms with Crippen LogP contribution in [0.15, 0.2) is 72.4 Å². The zero-order valence-electron chi connectivity index (χ0n) is 14.1. The van der Waals surface area contributed by atoms with Crippen LogP contribution in [0.1, 0.15) is 21.8 Å². The summed E-state index contributed by atoms with van der Waals surface area (Å²) in [6, 6.07) is 20.2. The van der Waals surface area contributed by atoms with Crippen LogP contribution < -0.4 is 0 Å². The van der Waals surface area contributed by atoms with Gasteiger partial charge >= 0.3 is 0 Å². The fourth-order valence-electron chi connectivity index (χ4n) is 3.21. The molecule has 0 N–H and O–H groups in total. The van der Waals surface area contributed by atoms with Crippen molar-refractivity contribution < 1.29 is 4.79 Å². The molecule has 1 fully saturated rings. The van der Waals surface area contributed by atoms with Crippen molar-refractivity contribution in [3.8, 4) is 0 Å². The molecule has 0 aliphatic heterocycles. The van der Waals surface area contributed by atoms with Gasteiger partial charge in [0, 0.05) is 17.4 Å². The quantitative estimate of drug-likeness (QED) is 0.537. The third-order valence-electron chi connectivity index (χ3n) is 4.44. The van der Waals surface area contributed by atoms with E-state index >= 15 is 0 Å². The van der Waals surface area contributed by atoms with Crippen molar-refractivity contribution in [3.05, 3.63) is 83.6 Å². The highest BCUT2D eigenvalue weighted by molar-refractivity contribution is 6.80. The van der Waals surface area contributed by atoms with E-state index in [1.54, 1.807) is 0 Å². The average molecular weight is 321 g/mol. The summed E-state index contributed by atoms with van der Waals surface area (Å²) in [5.41, 5.74) is 4.50. The van der Waals surface area contributed by atoms with Gasteiger partial charge in [-0.05, 0) is 11.5 Å². The smallest absolute Gasteiger partial charge is 0.167 e. The highest BCUT2D eigenvalue weighted by Gasteiger charge is 2.53. The standard InChI is InChI=1S/C21H24OSi/c1-23(2,3)15-14-18-19(16-10-6-4-7-11-16)20(18)21(22)17-12-8-5-9-13-17/h4-15,18-20H,1-3H3/b15-14+/t18-,19+,20+/m1/s1. The van der Waals surface area contributed by atoms with Gasteiger partial charge in [-0.2, -0.15) is 0 Å². The number of carbonyl (C=O) groups excluding carboxylic acids is 1. The normalized spacial score (nSPS) is 23.9. The summed E-state index contributed by atoms with van der Waals surface area (Å²) >= 11 is 0. The average Bonchev–Trinajstić information content (AvgIpc) is 3.27. The van der Waals surface area contributed by atoms with Crippen LogP contribution in [-0.2, 0) is 0 Å². The molecule has 0 radical (unpaired) electrons. The molecule has 2 aromatic rings. The van der Waals surface area contributed by atoms with Crippen molar-refractivity contribution in [1.82, 2.24) is 0 Å². The number of Topliss-reactive ketones (excluding diaryl/α,β-unsaturated/α-hetero) is 1. The maximum absolute atomic E-state index is 12.9. The molecule has 0 saturated heterocycles. The lowest BCUT2D eigenvalue weighted by molar-refractivity contribution is 0.0961. The number of hydrogen-bond donors (Lipinski definition) is 0. The second-order valence-corrected chi connectivity index (χ2v) is 12.6. The summed E-state index contributed by atoms with van der Waals surface area (Å²) in [5, 5.41) is 0. The first-order valence-electron chi connectivity index (χ1n) is 8.31. The fourth-order valence-corrected chi connectivity index (χ4v) is 4.01. The van der Waals surface area contributed by atoms with Crippen LogP contribution in [0.5, 0.6) is 0 Å². The van der Waals surface area contributed by atoms with E-state index in [2.05, 4.69) is 55.7 Å². The summed E-state index contributed by atoms with van der Waals surface area (Å²) in [7, 11) is -1.25. The Hall–Kier alpha value is -1.93. The van der Waals surface area contributed by atoms with Gasteiger partial charge in [-0.3, -0.25) is 4.79 Å². The molecule has 1 nitrogen and oxygen atoms in total. The molecule has 3 atom stereocenters. The van der Waals surface area contributed by atoms with E-state index in [9.17, 15) is 4.79 Å². The minimum atomic E-state index is -1.25. The number of rotatable bonds is 5. The Bertz CT molecular complexity index is 698. The van der Waals surface area contributed by atoms with Gasteiger partial charge in [0.2, 0.25) is 0 Å². The fraction of sp³-hybridized carbons (Fsp3) is 0.286. The van der Waals surface area contributed by atoms with E-state index in [0.717, 1.165) is 5.56 Å². The van der Waals surface area contributed by atoms with Crippen molar-refractivity contribution >= 4 is 13.9 Å². The Balaban J connectivity index is 1.87. The van der Waals surface area contributed by atoms with Gasteiger partial charge in [0.15, 0.2) is 5.78 Å². The van der Waals surface area contributed by atoms with E-state index in [1.807, 2.05) is 36.4 Å². The topological polar surface area (TPSA) is 17.1 Å². The van der Waals surface area contributed by atoms with E-state index in [1.165, 1.54) is 5.56 Å². The highest BCUT2D eigenvalue weighted by Crippen LogP contribution is 2.56. The lowest BCUT2D eigenvalue weighted by Gasteiger charge is -2.07. The maximum atomic E-state index is 12.9. The second kappa shape index (κ2) is 6.29. The first kappa shape index (κ1) is 15.9. The third kappa shape index (κ3) is 3.70. The Kier molecular flexibility index (Phi) is 4.36. The highest BCUT2D eigenvalue weighted by atomic mass is 28.3. The SMILES string of the molecule is C[Si](C)(C)/C=C/[C@H]1[C@H](C(=O)c2ccccc2)[C@H]1c1ccccc1. The van der Waals surface area contributed by atoms with Crippen LogP contribution in [0, 0.1) is 11.8 Å². The molecule has 1 aliphatic rings. The molecule has 0 aromatic heterocycles. The van der Waals surface area contributed by atoms with E-state index in [4.69, 9.17) is 0 Å². The van der Waals surface area contributed by atoms with E-state index < -0.39 is 8.07 Å². The molecule has 1 saturated carbocycles. The van der Waals surface area contributed by atoms with Crippen molar-refractivity contribution in [2.24, 2.45) is 11.8 Å².